The van der Waals surface area contributed by atoms with Crippen LogP contribution < -0.4 is 0 Å². The Morgan fingerprint density at radius 1 is 0.372 bits per heavy atom. The average Bonchev–Trinajstić information content (AvgIpc) is 4.21. The second kappa shape index (κ2) is 18.8. The Kier molecular flexibility index (Phi) is 11.4. The summed E-state index contributed by atoms with van der Waals surface area (Å²) in [6.45, 7) is 23.8. The van der Waals surface area contributed by atoms with E-state index in [4.69, 9.17) is 19.7 Å². The van der Waals surface area contributed by atoms with E-state index >= 15 is 13.2 Å². The van der Waals surface area contributed by atoms with Crippen molar-refractivity contribution in [2.24, 2.45) is 0 Å². The van der Waals surface area contributed by atoms with Crippen molar-refractivity contribution in [2.45, 2.75) is 6.18 Å². The van der Waals surface area contributed by atoms with Crippen molar-refractivity contribution in [2.75, 3.05) is 0 Å². The van der Waals surface area contributed by atoms with Gasteiger partial charge in [-0.2, -0.15) is 29.0 Å². The molecule has 0 aliphatic carbocycles. The Morgan fingerprint density at radius 2 is 0.744 bits per heavy atom. The highest BCUT2D eigenvalue weighted by Gasteiger charge is 2.35. The molecule has 0 atom stereocenters. The van der Waals surface area contributed by atoms with Crippen LogP contribution in [0.2, 0.25) is 0 Å². The summed E-state index contributed by atoms with van der Waals surface area (Å²) >= 11 is 0. The summed E-state index contributed by atoms with van der Waals surface area (Å²) in [5.74, 6) is 0. The maximum atomic E-state index is 15.6. The number of alkyl halides is 3. The first kappa shape index (κ1) is 47.5. The quantitative estimate of drug-likeness (QED) is 0.149. The van der Waals surface area contributed by atoms with Gasteiger partial charge in [0, 0.05) is 21.5 Å². The Balaban J connectivity index is 1.27. The second-order valence-corrected chi connectivity index (χ2v) is 18.6. The number of rotatable bonds is 7. The summed E-state index contributed by atoms with van der Waals surface area (Å²) < 4.78 is 50.5. The molecule has 8 nitrogen and oxygen atoms in total. The predicted octanol–water partition coefficient (Wildman–Crippen LogP) is 18.5. The summed E-state index contributed by atoms with van der Waals surface area (Å²) in [6, 6.07) is 65.7. The van der Waals surface area contributed by atoms with Crippen molar-refractivity contribution < 1.29 is 13.2 Å². The Hall–Kier alpha value is -11.5. The highest BCUT2D eigenvalue weighted by molar-refractivity contribution is 6.13. The van der Waals surface area contributed by atoms with Gasteiger partial charge in [0.1, 0.15) is 11.6 Å². The molecule has 10 aromatic carbocycles. The normalized spacial score (nSPS) is 11.2. The summed E-state index contributed by atoms with van der Waals surface area (Å²) in [6.07, 6.45) is -4.91. The van der Waals surface area contributed by atoms with E-state index in [2.05, 4.69) is 32.7 Å². The molecule has 12 aromatic rings. The van der Waals surface area contributed by atoms with Crippen LogP contribution in [0.4, 0.5) is 30.2 Å². The molecular formula is C67H33F3N8. The standard InChI is InChI=1S/C67H33F3N8/c1-74-51-15-6-13-44(29-51)48-21-25-55-56-26-22-49(45-14-7-16-52(30-45)75-2)34-63(56)78(62(55)33-48)65-36-50(66-58(67(68,69)70)17-8-18-59(66)76-3)35-64(57(65)39-73)77-60-31-46(42-11-4-9-40(27-42)37-71)19-23-53(60)54-24-20-47(32-61(54)77)43-12-5-10-41(28-43)38-72/h4-36H. The summed E-state index contributed by atoms with van der Waals surface area (Å²) in [4.78, 5) is 11.0. The molecule has 78 heavy (non-hydrogen) atoms. The monoisotopic (exact) mass is 1010 g/mol. The number of hydrogen-bond acceptors (Lipinski definition) is 3. The first-order valence-electron chi connectivity index (χ1n) is 24.3. The van der Waals surface area contributed by atoms with Crippen LogP contribution in [-0.4, -0.2) is 9.13 Å². The second-order valence-electron chi connectivity index (χ2n) is 18.6. The van der Waals surface area contributed by atoms with Crippen LogP contribution in [0.1, 0.15) is 22.3 Å². The molecule has 0 unspecified atom stereocenters. The van der Waals surface area contributed by atoms with Crippen molar-refractivity contribution in [3.05, 3.63) is 257 Å². The van der Waals surface area contributed by atoms with Crippen LogP contribution in [0.5, 0.6) is 0 Å². The SMILES string of the molecule is [C-]#[N+]c1cccc(-c2ccc3c4ccc(-c5cccc([N+]#[C-])c5)cc4n(-c4cc(-c5c([N+]#[C-])cccc5C(F)(F)F)cc(-n5c6cc(-c7cccc(C#N)c7)ccc6c6ccc(-c7cccc(C#N)c7)cc65)c4C#N)c3c2)c1. The molecular weight excluding hydrogens is 974 g/mol. The van der Waals surface area contributed by atoms with Gasteiger partial charge in [-0.1, -0.05) is 127 Å². The molecule has 12 rings (SSSR count). The van der Waals surface area contributed by atoms with Gasteiger partial charge in [0.2, 0.25) is 0 Å². The summed E-state index contributed by atoms with van der Waals surface area (Å²) in [7, 11) is 0. The summed E-state index contributed by atoms with van der Waals surface area (Å²) in [5, 5.41) is 34.8. The predicted molar refractivity (Wildman–Crippen MR) is 300 cm³/mol. The molecule has 0 aliphatic heterocycles. The van der Waals surface area contributed by atoms with E-state index in [1.54, 1.807) is 84.9 Å². The lowest BCUT2D eigenvalue weighted by atomic mass is 9.94. The minimum absolute atomic E-state index is 0.0144. The van der Waals surface area contributed by atoms with Crippen LogP contribution >= 0.6 is 0 Å². The van der Waals surface area contributed by atoms with Gasteiger partial charge in [0.05, 0.1) is 82.0 Å². The maximum Gasteiger partial charge on any atom is 0.415 e. The molecule has 362 valence electrons. The van der Waals surface area contributed by atoms with Crippen LogP contribution in [-0.2, 0) is 6.18 Å². The van der Waals surface area contributed by atoms with Gasteiger partial charge in [0.15, 0.2) is 17.1 Å². The van der Waals surface area contributed by atoms with E-state index in [9.17, 15) is 15.8 Å². The molecule has 0 amide bonds. The number of hydrogen-bond donors (Lipinski definition) is 0. The summed E-state index contributed by atoms with van der Waals surface area (Å²) in [5.41, 5.74) is 8.84. The highest BCUT2D eigenvalue weighted by atomic mass is 19.4. The molecule has 2 aromatic heterocycles. The fourth-order valence-electron chi connectivity index (χ4n) is 10.7. The first-order valence-corrected chi connectivity index (χ1v) is 24.3. The number of aromatic nitrogens is 2. The smallest absolute Gasteiger partial charge is 0.308 e. The van der Waals surface area contributed by atoms with Crippen LogP contribution in [0.25, 0.3) is 125 Å². The molecule has 0 bridgehead atoms. The van der Waals surface area contributed by atoms with E-state index < -0.39 is 11.7 Å². The van der Waals surface area contributed by atoms with Crippen molar-refractivity contribution in [3.8, 4) is 85.2 Å². The third-order valence-corrected chi connectivity index (χ3v) is 14.2. The van der Waals surface area contributed by atoms with Gasteiger partial charge in [-0.25, -0.2) is 14.5 Å². The van der Waals surface area contributed by atoms with Gasteiger partial charge in [-0.15, -0.1) is 0 Å². The number of halogens is 3. The zero-order chi connectivity index (χ0) is 53.8. The van der Waals surface area contributed by atoms with Gasteiger partial charge in [0.25, 0.3) is 0 Å². The first-order chi connectivity index (χ1) is 38.0. The third kappa shape index (κ3) is 7.99. The third-order valence-electron chi connectivity index (χ3n) is 14.2. The molecule has 0 saturated heterocycles. The Labute approximate surface area is 444 Å². The van der Waals surface area contributed by atoms with Crippen LogP contribution in [0.15, 0.2) is 200 Å². The topological polar surface area (TPSA) is 94.3 Å². The minimum Gasteiger partial charge on any atom is -0.308 e. The maximum absolute atomic E-state index is 15.6. The number of nitrogens with zero attached hydrogens (tertiary/aromatic N) is 8. The number of fused-ring (bicyclic) bond motifs is 6. The number of nitriles is 3. The minimum atomic E-state index is -4.91. The molecule has 0 radical (unpaired) electrons. The fourth-order valence-corrected chi connectivity index (χ4v) is 10.7. The molecule has 2 heterocycles. The molecule has 0 spiro atoms. The zero-order valence-corrected chi connectivity index (χ0v) is 40.8. The van der Waals surface area contributed by atoms with Crippen molar-refractivity contribution in [3.63, 3.8) is 0 Å². The molecule has 0 saturated carbocycles. The van der Waals surface area contributed by atoms with E-state index in [-0.39, 0.29) is 33.8 Å². The van der Waals surface area contributed by atoms with Gasteiger partial charge in [-0.3, -0.25) is 0 Å². The molecule has 0 N–H and O–H groups in total. The van der Waals surface area contributed by atoms with Gasteiger partial charge in [-0.05, 0) is 128 Å². The van der Waals surface area contributed by atoms with Crippen molar-refractivity contribution in [1.82, 2.24) is 9.13 Å². The Bertz CT molecular complexity index is 4330. The van der Waals surface area contributed by atoms with E-state index in [1.807, 2.05) is 106 Å². The van der Waals surface area contributed by atoms with Crippen molar-refractivity contribution in [1.29, 1.82) is 15.8 Å². The molecule has 0 aliphatic rings. The van der Waals surface area contributed by atoms with Gasteiger partial charge >= 0.3 is 6.18 Å². The van der Waals surface area contributed by atoms with Crippen LogP contribution in [0.3, 0.4) is 0 Å². The van der Waals surface area contributed by atoms with Crippen LogP contribution in [0, 0.1) is 53.7 Å². The average molecular weight is 1010 g/mol. The van der Waals surface area contributed by atoms with E-state index in [0.717, 1.165) is 72.1 Å². The van der Waals surface area contributed by atoms with E-state index in [0.29, 0.717) is 44.6 Å². The number of benzene rings is 10. The van der Waals surface area contributed by atoms with Crippen molar-refractivity contribution >= 4 is 60.7 Å². The van der Waals surface area contributed by atoms with E-state index in [1.165, 1.54) is 12.1 Å². The lowest BCUT2D eigenvalue weighted by Gasteiger charge is -2.21. The zero-order valence-electron chi connectivity index (χ0n) is 40.8. The highest BCUT2D eigenvalue weighted by Crippen LogP contribution is 2.48. The molecule has 11 heteroatoms. The van der Waals surface area contributed by atoms with Gasteiger partial charge < -0.3 is 9.13 Å². The fraction of sp³-hybridized carbons (Fsp3) is 0.0149. The largest absolute Gasteiger partial charge is 0.415 e. The Morgan fingerprint density at radius 3 is 1.10 bits per heavy atom. The lowest BCUT2D eigenvalue weighted by Crippen LogP contribution is -2.09. The lowest BCUT2D eigenvalue weighted by molar-refractivity contribution is -0.137. The molecule has 0 fully saturated rings.